The highest BCUT2D eigenvalue weighted by molar-refractivity contribution is 9.11. The van der Waals surface area contributed by atoms with Crippen LogP contribution in [0.4, 0.5) is 0 Å². The minimum Gasteiger partial charge on any atom is -0.504 e. The predicted octanol–water partition coefficient (Wildman–Crippen LogP) is 2.97. The van der Waals surface area contributed by atoms with Gasteiger partial charge in [-0.3, -0.25) is 0 Å². The normalized spacial score (nSPS) is 9.90. The monoisotopic (exact) mass is 285 g/mol. The molecule has 1 heterocycles. The van der Waals surface area contributed by atoms with E-state index in [0.29, 0.717) is 9.08 Å². The molecule has 0 aliphatic carbocycles. The molecule has 10 heavy (non-hydrogen) atoms. The molecule has 0 aliphatic heterocycles. The van der Waals surface area contributed by atoms with Gasteiger partial charge in [0.2, 0.25) is 0 Å². The van der Waals surface area contributed by atoms with Crippen LogP contribution < -0.4 is 0 Å². The van der Waals surface area contributed by atoms with Crippen molar-refractivity contribution in [2.75, 3.05) is 0 Å². The molecule has 0 saturated heterocycles. The quantitative estimate of drug-likeness (QED) is 0.744. The summed E-state index contributed by atoms with van der Waals surface area (Å²) in [6, 6.07) is 1.61. The molecule has 2 nitrogen and oxygen atoms in total. The Kier molecular flexibility index (Phi) is 2.55. The zero-order chi connectivity index (χ0) is 7.72. The van der Waals surface area contributed by atoms with Gasteiger partial charge < -0.3 is 5.11 Å². The van der Waals surface area contributed by atoms with Gasteiger partial charge in [-0.15, -0.1) is 0 Å². The number of aromatic nitrogens is 1. The second-order valence-electron chi connectivity index (χ2n) is 1.57. The van der Waals surface area contributed by atoms with Crippen LogP contribution in [-0.4, -0.2) is 10.1 Å². The number of rotatable bonds is 0. The predicted molar refractivity (Wildman–Crippen MR) is 46.3 cm³/mol. The van der Waals surface area contributed by atoms with Gasteiger partial charge in [0.1, 0.15) is 4.60 Å². The largest absolute Gasteiger partial charge is 0.504 e. The molecule has 1 rings (SSSR count). The van der Waals surface area contributed by atoms with Crippen molar-refractivity contribution >= 4 is 43.5 Å². The van der Waals surface area contributed by atoms with Gasteiger partial charge in [0.25, 0.3) is 0 Å². The fraction of sp³-hybridized carbons (Fsp3) is 0. The molecule has 0 aliphatic rings. The van der Waals surface area contributed by atoms with Crippen LogP contribution in [-0.2, 0) is 0 Å². The fourth-order valence-electron chi connectivity index (χ4n) is 0.450. The van der Waals surface area contributed by atoms with Gasteiger partial charge in [0, 0.05) is 0 Å². The summed E-state index contributed by atoms with van der Waals surface area (Å²) < 4.78 is 1.11. The topological polar surface area (TPSA) is 33.1 Å². The molecule has 0 fully saturated rings. The Hall–Kier alpha value is 0.200. The van der Waals surface area contributed by atoms with Crippen molar-refractivity contribution in [3.8, 4) is 5.75 Å². The minimum atomic E-state index is -0.0372. The standard InChI is InChI=1S/C5H2Br2ClNO/c6-2-1-3(7)9-5(8)4(2)10/h1,10H. The van der Waals surface area contributed by atoms with E-state index in [2.05, 4.69) is 36.8 Å². The van der Waals surface area contributed by atoms with Crippen LogP contribution in [0.1, 0.15) is 0 Å². The molecular weight excluding hydrogens is 285 g/mol. The smallest absolute Gasteiger partial charge is 0.173 e. The number of hydrogen-bond acceptors (Lipinski definition) is 2. The zero-order valence-corrected chi connectivity index (χ0v) is 8.53. The Balaban J connectivity index is 3.31. The Bertz CT molecular complexity index is 243. The third-order valence-corrected chi connectivity index (χ3v) is 2.15. The second-order valence-corrected chi connectivity index (χ2v) is 3.59. The van der Waals surface area contributed by atoms with Crippen molar-refractivity contribution in [2.45, 2.75) is 0 Å². The molecule has 0 unspecified atom stereocenters. The third-order valence-electron chi connectivity index (χ3n) is 0.872. The summed E-state index contributed by atoms with van der Waals surface area (Å²) in [5.74, 6) is -0.0372. The summed E-state index contributed by atoms with van der Waals surface area (Å²) in [4.78, 5) is 3.74. The Labute approximate surface area is 79.5 Å². The van der Waals surface area contributed by atoms with Crippen LogP contribution in [0.3, 0.4) is 0 Å². The van der Waals surface area contributed by atoms with Crippen molar-refractivity contribution < 1.29 is 5.11 Å². The molecule has 0 spiro atoms. The highest BCUT2D eigenvalue weighted by atomic mass is 79.9. The lowest BCUT2D eigenvalue weighted by Gasteiger charge is -1.97. The average molecular weight is 287 g/mol. The van der Waals surface area contributed by atoms with Crippen LogP contribution in [0.2, 0.25) is 5.15 Å². The highest BCUT2D eigenvalue weighted by Gasteiger charge is 2.05. The van der Waals surface area contributed by atoms with Gasteiger partial charge in [-0.2, -0.15) is 0 Å². The van der Waals surface area contributed by atoms with Gasteiger partial charge in [-0.25, -0.2) is 4.98 Å². The van der Waals surface area contributed by atoms with Crippen LogP contribution in [0.5, 0.6) is 5.75 Å². The van der Waals surface area contributed by atoms with Crippen LogP contribution in [0.25, 0.3) is 0 Å². The van der Waals surface area contributed by atoms with E-state index >= 15 is 0 Å². The van der Waals surface area contributed by atoms with Crippen LogP contribution in [0, 0.1) is 0 Å². The molecule has 54 valence electrons. The van der Waals surface area contributed by atoms with Crippen molar-refractivity contribution in [1.29, 1.82) is 0 Å². The lowest BCUT2D eigenvalue weighted by atomic mass is 10.5. The van der Waals surface area contributed by atoms with E-state index in [0.717, 1.165) is 0 Å². The van der Waals surface area contributed by atoms with Gasteiger partial charge >= 0.3 is 0 Å². The van der Waals surface area contributed by atoms with E-state index in [-0.39, 0.29) is 10.9 Å². The molecule has 5 heteroatoms. The van der Waals surface area contributed by atoms with E-state index in [4.69, 9.17) is 16.7 Å². The van der Waals surface area contributed by atoms with Gasteiger partial charge in [-0.1, -0.05) is 11.6 Å². The van der Waals surface area contributed by atoms with Crippen molar-refractivity contribution in [3.63, 3.8) is 0 Å². The summed E-state index contributed by atoms with van der Waals surface area (Å²) in [5, 5.41) is 9.15. The minimum absolute atomic E-state index is 0.0372. The third kappa shape index (κ3) is 1.62. The molecule has 1 aromatic rings. The lowest BCUT2D eigenvalue weighted by molar-refractivity contribution is 0.469. The summed E-state index contributed by atoms with van der Waals surface area (Å²) in [6.45, 7) is 0. The lowest BCUT2D eigenvalue weighted by Crippen LogP contribution is -1.78. The molecular formula is C5H2Br2ClNO. The van der Waals surface area contributed by atoms with E-state index < -0.39 is 0 Å². The Morgan fingerprint density at radius 1 is 1.50 bits per heavy atom. The first-order valence-electron chi connectivity index (χ1n) is 2.32. The van der Waals surface area contributed by atoms with Crippen molar-refractivity contribution in [3.05, 3.63) is 20.3 Å². The molecule has 1 aromatic heterocycles. The fourth-order valence-corrected chi connectivity index (χ4v) is 1.98. The summed E-state index contributed by atoms with van der Waals surface area (Å²) in [5.41, 5.74) is 0. The number of halogens is 3. The summed E-state index contributed by atoms with van der Waals surface area (Å²) >= 11 is 11.7. The van der Waals surface area contributed by atoms with Gasteiger partial charge in [0.15, 0.2) is 10.9 Å². The maximum Gasteiger partial charge on any atom is 0.173 e. The number of aromatic hydroxyl groups is 1. The summed E-state index contributed by atoms with van der Waals surface area (Å²) in [7, 11) is 0. The molecule has 1 N–H and O–H groups in total. The van der Waals surface area contributed by atoms with E-state index in [9.17, 15) is 0 Å². The Morgan fingerprint density at radius 2 is 2.10 bits per heavy atom. The second kappa shape index (κ2) is 3.07. The maximum absolute atomic E-state index is 9.07. The molecule has 0 aromatic carbocycles. The average Bonchev–Trinajstić information content (AvgIpc) is 1.82. The van der Waals surface area contributed by atoms with E-state index in [1.54, 1.807) is 6.07 Å². The van der Waals surface area contributed by atoms with Crippen molar-refractivity contribution in [1.82, 2.24) is 4.98 Å². The molecule has 0 atom stereocenters. The molecule has 0 radical (unpaired) electrons. The Morgan fingerprint density at radius 3 is 2.60 bits per heavy atom. The SMILES string of the molecule is Oc1c(Br)cc(Br)nc1Cl. The molecule has 0 saturated carbocycles. The van der Waals surface area contributed by atoms with E-state index in [1.807, 2.05) is 0 Å². The van der Waals surface area contributed by atoms with E-state index in [1.165, 1.54) is 0 Å². The first-order chi connectivity index (χ1) is 4.61. The number of pyridine rings is 1. The number of nitrogens with zero attached hydrogens (tertiary/aromatic N) is 1. The first kappa shape index (κ1) is 8.30. The maximum atomic E-state index is 9.07. The van der Waals surface area contributed by atoms with Crippen molar-refractivity contribution in [2.24, 2.45) is 0 Å². The first-order valence-corrected chi connectivity index (χ1v) is 4.28. The van der Waals surface area contributed by atoms with Crippen LogP contribution in [0.15, 0.2) is 15.1 Å². The van der Waals surface area contributed by atoms with Crippen LogP contribution >= 0.6 is 43.5 Å². The van der Waals surface area contributed by atoms with Gasteiger partial charge in [0.05, 0.1) is 4.47 Å². The zero-order valence-electron chi connectivity index (χ0n) is 4.61. The molecule has 0 bridgehead atoms. The van der Waals surface area contributed by atoms with Gasteiger partial charge in [-0.05, 0) is 37.9 Å². The summed E-state index contributed by atoms with van der Waals surface area (Å²) in [6.07, 6.45) is 0. The highest BCUT2D eigenvalue weighted by Crippen LogP contribution is 2.31. The molecule has 0 amide bonds. The number of hydrogen-bond donors (Lipinski definition) is 1.